The summed E-state index contributed by atoms with van der Waals surface area (Å²) >= 11 is 0. The number of hydrogen-bond acceptors (Lipinski definition) is 5. The zero-order valence-electron chi connectivity index (χ0n) is 21.2. The van der Waals surface area contributed by atoms with E-state index in [0.717, 1.165) is 16.7 Å². The summed E-state index contributed by atoms with van der Waals surface area (Å²) in [7, 11) is 1.66. The summed E-state index contributed by atoms with van der Waals surface area (Å²) in [5.74, 6) is 0.254. The van der Waals surface area contributed by atoms with Crippen LogP contribution in [0.15, 0.2) is 47.4 Å². The molecule has 1 saturated heterocycles. The molecular weight excluding hydrogens is 432 g/mol. The number of pyridine rings is 1. The molecule has 1 fully saturated rings. The molecule has 34 heavy (non-hydrogen) atoms. The van der Waals surface area contributed by atoms with Crippen LogP contribution in [0.5, 0.6) is 0 Å². The first-order chi connectivity index (χ1) is 15.9. The van der Waals surface area contributed by atoms with Crippen LogP contribution in [0.2, 0.25) is 0 Å². The highest BCUT2D eigenvalue weighted by molar-refractivity contribution is 5.70. The number of carbonyl (C=O) groups excluding carboxylic acids is 1. The van der Waals surface area contributed by atoms with Crippen LogP contribution in [0.4, 0.5) is 4.79 Å². The number of hydrogen-bond donors (Lipinski definition) is 1. The highest BCUT2D eigenvalue weighted by atomic mass is 16.6. The lowest BCUT2D eigenvalue weighted by molar-refractivity contribution is -0.0859. The average molecular weight is 471 g/mol. The minimum absolute atomic E-state index is 0.0388. The van der Waals surface area contributed by atoms with E-state index in [1.54, 1.807) is 36.5 Å². The van der Waals surface area contributed by atoms with Gasteiger partial charge in [0.05, 0.1) is 18.2 Å². The van der Waals surface area contributed by atoms with Gasteiger partial charge in [0.25, 0.3) is 5.56 Å². The summed E-state index contributed by atoms with van der Waals surface area (Å²) in [5.41, 5.74) is 1.19. The van der Waals surface area contributed by atoms with Gasteiger partial charge < -0.3 is 24.0 Å². The summed E-state index contributed by atoms with van der Waals surface area (Å²) in [5, 5.41) is 10.2. The largest absolute Gasteiger partial charge is 0.443 e. The van der Waals surface area contributed by atoms with Crippen molar-refractivity contribution in [3.05, 3.63) is 58.5 Å². The number of cyclic esters (lactones) is 1. The van der Waals surface area contributed by atoms with E-state index >= 15 is 0 Å². The number of aliphatic hydroxyl groups is 1. The Hall–Kier alpha value is -2.64. The maximum absolute atomic E-state index is 12.8. The number of rotatable bonds is 9. The number of amides is 1. The van der Waals surface area contributed by atoms with Crippen LogP contribution < -0.4 is 5.56 Å². The Kier molecular flexibility index (Phi) is 7.88. The second kappa shape index (κ2) is 10.3. The maximum Gasteiger partial charge on any atom is 0.410 e. The van der Waals surface area contributed by atoms with Gasteiger partial charge in [0, 0.05) is 45.3 Å². The van der Waals surface area contributed by atoms with Crippen LogP contribution >= 0.6 is 0 Å². The molecule has 1 N–H and O–H groups in total. The molecule has 186 valence electrons. The normalized spacial score (nSPS) is 20.7. The van der Waals surface area contributed by atoms with E-state index in [-0.39, 0.29) is 23.6 Å². The second-order valence-corrected chi connectivity index (χ2v) is 10.5. The van der Waals surface area contributed by atoms with Gasteiger partial charge in [0.15, 0.2) is 0 Å². The molecule has 7 heteroatoms. The fraction of sp³-hybridized carbons (Fsp3) is 0.556. The Morgan fingerprint density at radius 1 is 1.15 bits per heavy atom. The number of nitrogens with zero attached hydrogens (tertiary/aromatic N) is 2. The van der Waals surface area contributed by atoms with Crippen LogP contribution in [0.3, 0.4) is 0 Å². The van der Waals surface area contributed by atoms with Crippen molar-refractivity contribution in [2.24, 2.45) is 5.92 Å². The summed E-state index contributed by atoms with van der Waals surface area (Å²) in [4.78, 5) is 27.0. The Labute approximate surface area is 202 Å². The molecule has 1 amide bonds. The van der Waals surface area contributed by atoms with Crippen molar-refractivity contribution in [1.82, 2.24) is 9.47 Å². The van der Waals surface area contributed by atoms with Gasteiger partial charge >= 0.3 is 6.09 Å². The summed E-state index contributed by atoms with van der Waals surface area (Å²) in [6.07, 6.45) is 2.52. The molecule has 1 aromatic heterocycles. The standard InChI is InChI=1S/C27H38N2O5/c1-19(17-33-6)16-28-13-11-23(15-24(28)30)22-9-7-21(8-10-22)20(2)29-14-12-27(5,34-25(29)31)18-26(3,4)32/h7-11,13,15,19-20,32H,12,14,16-18H2,1-6H3/t19?,20-,27-/m0/s1. The van der Waals surface area contributed by atoms with E-state index in [4.69, 9.17) is 9.47 Å². The molecule has 0 bridgehead atoms. The molecule has 0 radical (unpaired) electrons. The molecule has 7 nitrogen and oxygen atoms in total. The molecule has 3 rings (SSSR count). The van der Waals surface area contributed by atoms with Crippen LogP contribution in [-0.2, 0) is 16.0 Å². The molecule has 0 spiro atoms. The Bertz CT molecular complexity index is 1040. The van der Waals surface area contributed by atoms with Crippen molar-refractivity contribution in [2.75, 3.05) is 20.3 Å². The number of benzene rings is 1. The molecule has 3 atom stereocenters. The highest BCUT2D eigenvalue weighted by Crippen LogP contribution is 2.35. The average Bonchev–Trinajstić information content (AvgIpc) is 2.73. The van der Waals surface area contributed by atoms with Gasteiger partial charge in [-0.25, -0.2) is 4.79 Å². The fourth-order valence-electron chi connectivity index (χ4n) is 4.81. The molecule has 1 aromatic carbocycles. The zero-order valence-corrected chi connectivity index (χ0v) is 21.2. The third kappa shape index (κ3) is 6.48. The molecular formula is C27H38N2O5. The van der Waals surface area contributed by atoms with Crippen LogP contribution in [0.1, 0.15) is 59.1 Å². The third-order valence-corrected chi connectivity index (χ3v) is 6.41. The highest BCUT2D eigenvalue weighted by Gasteiger charge is 2.41. The zero-order chi connectivity index (χ0) is 25.1. The van der Waals surface area contributed by atoms with E-state index in [1.807, 2.05) is 50.4 Å². The molecule has 0 saturated carbocycles. The minimum atomic E-state index is -0.901. The van der Waals surface area contributed by atoms with Gasteiger partial charge in [-0.15, -0.1) is 0 Å². The lowest BCUT2D eigenvalue weighted by Gasteiger charge is -2.43. The first kappa shape index (κ1) is 26.0. The third-order valence-electron chi connectivity index (χ3n) is 6.41. The number of carbonyl (C=O) groups is 1. The summed E-state index contributed by atoms with van der Waals surface area (Å²) in [6.45, 7) is 11.2. The maximum atomic E-state index is 12.8. The van der Waals surface area contributed by atoms with E-state index in [9.17, 15) is 14.7 Å². The lowest BCUT2D eigenvalue weighted by Crippen LogP contribution is -2.51. The van der Waals surface area contributed by atoms with Crippen LogP contribution in [0, 0.1) is 5.92 Å². The van der Waals surface area contributed by atoms with E-state index < -0.39 is 11.2 Å². The fourth-order valence-corrected chi connectivity index (χ4v) is 4.81. The number of aromatic nitrogens is 1. The minimum Gasteiger partial charge on any atom is -0.443 e. The quantitative estimate of drug-likeness (QED) is 0.578. The van der Waals surface area contributed by atoms with E-state index in [1.165, 1.54) is 0 Å². The predicted molar refractivity (Wildman–Crippen MR) is 133 cm³/mol. The topological polar surface area (TPSA) is 81.0 Å². The molecule has 1 unspecified atom stereocenters. The Morgan fingerprint density at radius 2 is 1.82 bits per heavy atom. The predicted octanol–water partition coefficient (Wildman–Crippen LogP) is 4.62. The van der Waals surface area contributed by atoms with Gasteiger partial charge in [0.1, 0.15) is 5.60 Å². The first-order valence-corrected chi connectivity index (χ1v) is 11.9. The number of ether oxygens (including phenoxy) is 2. The first-order valence-electron chi connectivity index (χ1n) is 11.9. The molecule has 0 aliphatic carbocycles. The molecule has 1 aliphatic heterocycles. The van der Waals surface area contributed by atoms with Crippen LogP contribution in [-0.4, -0.2) is 52.1 Å². The SMILES string of the molecule is COCC(C)Cn1ccc(-c2ccc([C@H](C)N3CC[C@@](C)(CC(C)(C)O)OC3=O)cc2)cc1=O. The monoisotopic (exact) mass is 470 g/mol. The molecule has 1 aliphatic rings. The van der Waals surface area contributed by atoms with Crippen molar-refractivity contribution >= 4 is 6.09 Å². The van der Waals surface area contributed by atoms with Gasteiger partial charge in [-0.3, -0.25) is 4.79 Å². The van der Waals surface area contributed by atoms with Gasteiger partial charge in [-0.2, -0.15) is 0 Å². The van der Waals surface area contributed by atoms with Crippen molar-refractivity contribution in [1.29, 1.82) is 0 Å². The smallest absolute Gasteiger partial charge is 0.410 e. The van der Waals surface area contributed by atoms with Crippen molar-refractivity contribution in [3.8, 4) is 11.1 Å². The van der Waals surface area contributed by atoms with E-state index in [0.29, 0.717) is 32.5 Å². The summed E-state index contributed by atoms with van der Waals surface area (Å²) in [6, 6.07) is 11.4. The second-order valence-electron chi connectivity index (χ2n) is 10.5. The lowest BCUT2D eigenvalue weighted by atomic mass is 9.87. The Balaban J connectivity index is 1.68. The number of methoxy groups -OCH3 is 1. The van der Waals surface area contributed by atoms with Gasteiger partial charge in [-0.05, 0) is 56.4 Å². The van der Waals surface area contributed by atoms with Gasteiger partial charge in [0.2, 0.25) is 0 Å². The molecule has 2 aromatic rings. The molecule has 2 heterocycles. The van der Waals surface area contributed by atoms with Crippen LogP contribution in [0.25, 0.3) is 11.1 Å². The van der Waals surface area contributed by atoms with Gasteiger partial charge in [-0.1, -0.05) is 31.2 Å². The van der Waals surface area contributed by atoms with E-state index in [2.05, 4.69) is 6.92 Å². The van der Waals surface area contributed by atoms with Crippen molar-refractivity contribution in [2.45, 2.75) is 71.2 Å². The van der Waals surface area contributed by atoms with Crippen molar-refractivity contribution < 1.29 is 19.4 Å². The Morgan fingerprint density at radius 3 is 2.38 bits per heavy atom. The summed E-state index contributed by atoms with van der Waals surface area (Å²) < 4.78 is 12.6. The van der Waals surface area contributed by atoms with Crippen molar-refractivity contribution in [3.63, 3.8) is 0 Å².